The minimum absolute atomic E-state index is 0.161. The topological polar surface area (TPSA) is 29.5 Å². The molecule has 3 aliphatic rings. The zero-order valence-corrected chi connectivity index (χ0v) is 11.1. The van der Waals surface area contributed by atoms with Crippen LogP contribution in [0.2, 0.25) is 0 Å². The average molecular weight is 238 g/mol. The van der Waals surface area contributed by atoms with E-state index < -0.39 is 0 Å². The number of aliphatic hydroxyl groups is 1. The van der Waals surface area contributed by atoms with E-state index in [4.69, 9.17) is 4.74 Å². The molecule has 98 valence electrons. The lowest BCUT2D eigenvalue weighted by atomic mass is 9.95. The van der Waals surface area contributed by atoms with E-state index in [1.54, 1.807) is 0 Å². The number of rotatable bonds is 6. The normalized spacial score (nSPS) is 31.4. The Bertz CT molecular complexity index is 253. The SMILES string of the molecule is CC1(OC(CC2CCCC2)CC2(O)CC2)CC1. The van der Waals surface area contributed by atoms with Crippen molar-refractivity contribution in [2.75, 3.05) is 0 Å². The van der Waals surface area contributed by atoms with Crippen molar-refractivity contribution in [3.63, 3.8) is 0 Å². The first-order valence-electron chi connectivity index (χ1n) is 7.47. The molecule has 17 heavy (non-hydrogen) atoms. The van der Waals surface area contributed by atoms with E-state index in [0.29, 0.717) is 6.10 Å². The molecule has 0 spiro atoms. The van der Waals surface area contributed by atoms with Crippen molar-refractivity contribution in [3.05, 3.63) is 0 Å². The molecule has 1 N–H and O–H groups in total. The summed E-state index contributed by atoms with van der Waals surface area (Å²) in [6, 6.07) is 0. The molecule has 3 rings (SSSR count). The second-order valence-corrected chi connectivity index (χ2v) is 7.00. The Morgan fingerprint density at radius 3 is 2.35 bits per heavy atom. The molecule has 0 aromatic carbocycles. The monoisotopic (exact) mass is 238 g/mol. The van der Waals surface area contributed by atoms with Crippen LogP contribution >= 0.6 is 0 Å². The maximum absolute atomic E-state index is 10.1. The second kappa shape index (κ2) is 4.24. The Labute approximate surface area is 105 Å². The Kier molecular flexibility index (Phi) is 2.99. The van der Waals surface area contributed by atoms with Crippen LogP contribution in [0, 0.1) is 5.92 Å². The lowest BCUT2D eigenvalue weighted by Gasteiger charge is -2.26. The zero-order valence-electron chi connectivity index (χ0n) is 11.1. The second-order valence-electron chi connectivity index (χ2n) is 7.00. The van der Waals surface area contributed by atoms with Gasteiger partial charge in [0.25, 0.3) is 0 Å². The third-order valence-electron chi connectivity index (χ3n) is 4.91. The molecule has 0 amide bonds. The maximum atomic E-state index is 10.1. The largest absolute Gasteiger partial charge is 0.390 e. The molecule has 0 radical (unpaired) electrons. The first kappa shape index (κ1) is 12.0. The third-order valence-corrected chi connectivity index (χ3v) is 4.91. The van der Waals surface area contributed by atoms with Crippen molar-refractivity contribution in [1.82, 2.24) is 0 Å². The van der Waals surface area contributed by atoms with E-state index in [0.717, 1.165) is 25.2 Å². The highest BCUT2D eigenvalue weighted by atomic mass is 16.5. The molecule has 0 aromatic rings. The van der Waals surface area contributed by atoms with E-state index in [1.807, 2.05) is 0 Å². The van der Waals surface area contributed by atoms with Gasteiger partial charge in [0.1, 0.15) is 0 Å². The molecule has 2 nitrogen and oxygen atoms in total. The van der Waals surface area contributed by atoms with Gasteiger partial charge in [0, 0.05) is 6.42 Å². The first-order valence-corrected chi connectivity index (χ1v) is 7.47. The Morgan fingerprint density at radius 1 is 1.18 bits per heavy atom. The molecule has 0 saturated heterocycles. The summed E-state index contributed by atoms with van der Waals surface area (Å²) in [6.07, 6.45) is 12.4. The van der Waals surface area contributed by atoms with Crippen molar-refractivity contribution in [2.45, 2.75) is 88.4 Å². The van der Waals surface area contributed by atoms with Crippen LogP contribution in [0.4, 0.5) is 0 Å². The molecule has 3 fully saturated rings. The fourth-order valence-corrected chi connectivity index (χ4v) is 3.26. The van der Waals surface area contributed by atoms with Gasteiger partial charge in [-0.2, -0.15) is 0 Å². The van der Waals surface area contributed by atoms with Crippen LogP contribution < -0.4 is 0 Å². The van der Waals surface area contributed by atoms with Crippen molar-refractivity contribution >= 4 is 0 Å². The zero-order chi connectivity index (χ0) is 11.9. The Hall–Kier alpha value is -0.0800. The summed E-state index contributed by atoms with van der Waals surface area (Å²) in [5.74, 6) is 0.865. The molecule has 0 heterocycles. The predicted molar refractivity (Wildman–Crippen MR) is 67.9 cm³/mol. The van der Waals surface area contributed by atoms with E-state index in [9.17, 15) is 5.11 Å². The minimum atomic E-state index is -0.353. The highest BCUT2D eigenvalue weighted by Gasteiger charge is 2.46. The van der Waals surface area contributed by atoms with Gasteiger partial charge in [-0.1, -0.05) is 25.7 Å². The summed E-state index contributed by atoms with van der Waals surface area (Å²) in [6.45, 7) is 2.23. The van der Waals surface area contributed by atoms with Crippen LogP contribution in [0.3, 0.4) is 0 Å². The van der Waals surface area contributed by atoms with E-state index in [-0.39, 0.29) is 11.2 Å². The summed E-state index contributed by atoms with van der Waals surface area (Å²) in [4.78, 5) is 0. The van der Waals surface area contributed by atoms with Crippen molar-refractivity contribution in [2.24, 2.45) is 5.92 Å². The molecule has 1 atom stereocenters. The summed E-state index contributed by atoms with van der Waals surface area (Å²) < 4.78 is 6.27. The van der Waals surface area contributed by atoms with Crippen LogP contribution in [0.1, 0.15) is 71.1 Å². The quantitative estimate of drug-likeness (QED) is 0.768. The van der Waals surface area contributed by atoms with Gasteiger partial charge in [0.2, 0.25) is 0 Å². The summed E-state index contributed by atoms with van der Waals surface area (Å²) in [5, 5.41) is 10.1. The Morgan fingerprint density at radius 2 is 1.82 bits per heavy atom. The summed E-state index contributed by atoms with van der Waals surface area (Å²) >= 11 is 0. The van der Waals surface area contributed by atoms with Gasteiger partial charge < -0.3 is 9.84 Å². The van der Waals surface area contributed by atoms with Crippen LogP contribution in [0.25, 0.3) is 0 Å². The van der Waals surface area contributed by atoms with Crippen LogP contribution in [0.15, 0.2) is 0 Å². The molecule has 3 aliphatic carbocycles. The van der Waals surface area contributed by atoms with Crippen molar-refractivity contribution in [1.29, 1.82) is 0 Å². The Balaban J connectivity index is 1.54. The number of hydrogen-bond donors (Lipinski definition) is 1. The average Bonchev–Trinajstić information content (AvgIpc) is 3.09. The first-order chi connectivity index (χ1) is 8.07. The summed E-state index contributed by atoms with van der Waals surface area (Å²) in [5.41, 5.74) is -0.191. The van der Waals surface area contributed by atoms with Gasteiger partial charge in [-0.25, -0.2) is 0 Å². The van der Waals surface area contributed by atoms with Crippen LogP contribution in [0.5, 0.6) is 0 Å². The molecule has 1 unspecified atom stereocenters. The standard InChI is InChI=1S/C15H26O2/c1-14(6-7-14)17-13(11-15(16)8-9-15)10-12-4-2-3-5-12/h12-13,16H,2-11H2,1H3. The van der Waals surface area contributed by atoms with E-state index in [2.05, 4.69) is 6.92 Å². The predicted octanol–water partition coefficient (Wildman–Crippen LogP) is 3.42. The van der Waals surface area contributed by atoms with Gasteiger partial charge >= 0.3 is 0 Å². The highest BCUT2D eigenvalue weighted by molar-refractivity contribution is 4.98. The smallest absolute Gasteiger partial charge is 0.0674 e. The fraction of sp³-hybridized carbons (Fsp3) is 1.00. The molecule has 0 aromatic heterocycles. The number of hydrogen-bond acceptors (Lipinski definition) is 2. The molecule has 0 bridgehead atoms. The minimum Gasteiger partial charge on any atom is -0.390 e. The molecule has 3 saturated carbocycles. The fourth-order valence-electron chi connectivity index (χ4n) is 3.26. The summed E-state index contributed by atoms with van der Waals surface area (Å²) in [7, 11) is 0. The molecular weight excluding hydrogens is 212 g/mol. The van der Waals surface area contributed by atoms with E-state index in [1.165, 1.54) is 44.9 Å². The lowest BCUT2D eigenvalue weighted by Crippen LogP contribution is -2.28. The highest BCUT2D eigenvalue weighted by Crippen LogP contribution is 2.46. The maximum Gasteiger partial charge on any atom is 0.0674 e. The number of ether oxygens (including phenoxy) is 1. The molecular formula is C15H26O2. The van der Waals surface area contributed by atoms with Crippen LogP contribution in [-0.4, -0.2) is 22.4 Å². The third kappa shape index (κ3) is 3.23. The van der Waals surface area contributed by atoms with Gasteiger partial charge in [0.05, 0.1) is 17.3 Å². The lowest BCUT2D eigenvalue weighted by molar-refractivity contribution is -0.0571. The van der Waals surface area contributed by atoms with Gasteiger partial charge in [-0.3, -0.25) is 0 Å². The van der Waals surface area contributed by atoms with Gasteiger partial charge in [-0.15, -0.1) is 0 Å². The van der Waals surface area contributed by atoms with Crippen LogP contribution in [-0.2, 0) is 4.74 Å². The van der Waals surface area contributed by atoms with Crippen molar-refractivity contribution < 1.29 is 9.84 Å². The molecule has 0 aliphatic heterocycles. The van der Waals surface area contributed by atoms with Crippen molar-refractivity contribution in [3.8, 4) is 0 Å². The molecule has 2 heteroatoms. The van der Waals surface area contributed by atoms with Gasteiger partial charge in [0.15, 0.2) is 0 Å². The van der Waals surface area contributed by atoms with Gasteiger partial charge in [-0.05, 0) is 44.9 Å². The van der Waals surface area contributed by atoms with E-state index >= 15 is 0 Å².